The Bertz CT molecular complexity index is 536. The molecule has 1 aliphatic rings. The number of aryl methyl sites for hydroxylation is 1. The number of pyridine rings is 1. The van der Waals surface area contributed by atoms with E-state index in [1.54, 1.807) is 0 Å². The lowest BCUT2D eigenvalue weighted by Crippen LogP contribution is -2.15. The van der Waals surface area contributed by atoms with Gasteiger partial charge in [0.25, 0.3) is 0 Å². The van der Waals surface area contributed by atoms with Crippen LogP contribution in [0.3, 0.4) is 0 Å². The van der Waals surface area contributed by atoms with E-state index in [9.17, 15) is 5.11 Å². The molecular formula is C16H17NO. The molecule has 0 spiro atoms. The predicted molar refractivity (Wildman–Crippen MR) is 72.4 cm³/mol. The number of aliphatic hydroxyl groups is 1. The Balaban J connectivity index is 2.04. The Labute approximate surface area is 107 Å². The van der Waals surface area contributed by atoms with Crippen molar-refractivity contribution in [2.45, 2.75) is 25.2 Å². The van der Waals surface area contributed by atoms with Crippen LogP contribution in [0.25, 0.3) is 11.3 Å². The van der Waals surface area contributed by atoms with Gasteiger partial charge in [-0.15, -0.1) is 0 Å². The van der Waals surface area contributed by atoms with E-state index < -0.39 is 0 Å². The highest BCUT2D eigenvalue weighted by Gasteiger charge is 2.21. The summed E-state index contributed by atoms with van der Waals surface area (Å²) >= 11 is 0. The van der Waals surface area contributed by atoms with E-state index in [1.807, 2.05) is 18.2 Å². The first-order valence-corrected chi connectivity index (χ1v) is 6.54. The zero-order chi connectivity index (χ0) is 12.4. The first kappa shape index (κ1) is 11.4. The van der Waals surface area contributed by atoms with Crippen molar-refractivity contribution in [1.82, 2.24) is 4.98 Å². The number of benzene rings is 1. The summed E-state index contributed by atoms with van der Waals surface area (Å²) in [6, 6.07) is 14.5. The largest absolute Gasteiger partial charge is 0.396 e. The SMILES string of the molecule is OC[C@H]1CCCc2ccc(-c3ccccc3)nc21. The highest BCUT2D eigenvalue weighted by atomic mass is 16.3. The third-order valence-electron chi connectivity index (χ3n) is 3.69. The second-order valence-corrected chi connectivity index (χ2v) is 4.88. The molecule has 0 fully saturated rings. The highest BCUT2D eigenvalue weighted by molar-refractivity contribution is 5.59. The van der Waals surface area contributed by atoms with Gasteiger partial charge in [-0.3, -0.25) is 4.98 Å². The molecule has 1 aromatic carbocycles. The molecule has 1 heterocycles. The monoisotopic (exact) mass is 239 g/mol. The molecule has 2 heteroatoms. The summed E-state index contributed by atoms with van der Waals surface area (Å²) in [6.07, 6.45) is 3.30. The molecule has 0 bridgehead atoms. The normalized spacial score (nSPS) is 18.4. The number of fused-ring (bicyclic) bond motifs is 1. The maximum absolute atomic E-state index is 9.46. The van der Waals surface area contributed by atoms with E-state index in [2.05, 4.69) is 24.3 Å². The summed E-state index contributed by atoms with van der Waals surface area (Å²) < 4.78 is 0. The lowest BCUT2D eigenvalue weighted by atomic mass is 9.87. The fraction of sp³-hybridized carbons (Fsp3) is 0.312. The highest BCUT2D eigenvalue weighted by Crippen LogP contribution is 2.31. The molecule has 1 aliphatic carbocycles. The number of hydrogen-bond donors (Lipinski definition) is 1. The van der Waals surface area contributed by atoms with Crippen molar-refractivity contribution in [2.75, 3.05) is 6.61 Å². The summed E-state index contributed by atoms with van der Waals surface area (Å²) in [4.78, 5) is 4.78. The van der Waals surface area contributed by atoms with Crippen LogP contribution in [0.1, 0.15) is 30.0 Å². The van der Waals surface area contributed by atoms with Crippen LogP contribution in [0, 0.1) is 0 Å². The van der Waals surface area contributed by atoms with E-state index >= 15 is 0 Å². The zero-order valence-corrected chi connectivity index (χ0v) is 10.3. The average molecular weight is 239 g/mol. The van der Waals surface area contributed by atoms with Gasteiger partial charge < -0.3 is 5.11 Å². The molecule has 2 nitrogen and oxygen atoms in total. The molecule has 0 aliphatic heterocycles. The van der Waals surface area contributed by atoms with Gasteiger partial charge in [-0.05, 0) is 30.9 Å². The summed E-state index contributed by atoms with van der Waals surface area (Å²) in [5.41, 5.74) is 4.56. The van der Waals surface area contributed by atoms with Crippen LogP contribution in [0.2, 0.25) is 0 Å². The van der Waals surface area contributed by atoms with Gasteiger partial charge in [-0.1, -0.05) is 36.4 Å². The average Bonchev–Trinajstić information content (AvgIpc) is 2.47. The van der Waals surface area contributed by atoms with Crippen LogP contribution < -0.4 is 0 Å². The Morgan fingerprint density at radius 1 is 1.11 bits per heavy atom. The molecular weight excluding hydrogens is 222 g/mol. The Kier molecular flexibility index (Phi) is 3.11. The Morgan fingerprint density at radius 3 is 2.72 bits per heavy atom. The zero-order valence-electron chi connectivity index (χ0n) is 10.3. The standard InChI is InChI=1S/C16H17NO/c18-11-14-8-4-7-13-9-10-15(17-16(13)14)12-5-2-1-3-6-12/h1-3,5-6,9-10,14,18H,4,7-8,11H2/t14-/m1/s1. The second kappa shape index (κ2) is 4.91. The summed E-state index contributed by atoms with van der Waals surface area (Å²) in [7, 11) is 0. The van der Waals surface area contributed by atoms with Gasteiger partial charge in [0.15, 0.2) is 0 Å². The fourth-order valence-electron chi connectivity index (χ4n) is 2.69. The first-order chi connectivity index (χ1) is 8.88. The molecule has 0 saturated heterocycles. The van der Waals surface area contributed by atoms with Gasteiger partial charge in [-0.25, -0.2) is 0 Å². The molecule has 1 N–H and O–H groups in total. The van der Waals surface area contributed by atoms with E-state index in [0.717, 1.165) is 36.2 Å². The second-order valence-electron chi connectivity index (χ2n) is 4.88. The van der Waals surface area contributed by atoms with Gasteiger partial charge in [0, 0.05) is 17.2 Å². The van der Waals surface area contributed by atoms with Gasteiger partial charge in [0.1, 0.15) is 0 Å². The minimum absolute atomic E-state index is 0.207. The van der Waals surface area contributed by atoms with Gasteiger partial charge in [-0.2, -0.15) is 0 Å². The maximum atomic E-state index is 9.46. The number of aromatic nitrogens is 1. The quantitative estimate of drug-likeness (QED) is 0.873. The lowest BCUT2D eigenvalue weighted by molar-refractivity contribution is 0.250. The van der Waals surface area contributed by atoms with Gasteiger partial charge in [0.05, 0.1) is 12.3 Å². The molecule has 2 aromatic rings. The van der Waals surface area contributed by atoms with E-state index in [1.165, 1.54) is 5.56 Å². The molecule has 92 valence electrons. The van der Waals surface area contributed by atoms with Crippen molar-refractivity contribution in [3.8, 4) is 11.3 Å². The van der Waals surface area contributed by atoms with Crippen molar-refractivity contribution < 1.29 is 5.11 Å². The number of rotatable bonds is 2. The molecule has 1 aromatic heterocycles. The number of aliphatic hydroxyl groups excluding tert-OH is 1. The van der Waals surface area contributed by atoms with E-state index in [-0.39, 0.29) is 12.5 Å². The maximum Gasteiger partial charge on any atom is 0.0705 e. The molecule has 3 rings (SSSR count). The Hall–Kier alpha value is -1.67. The van der Waals surface area contributed by atoms with Crippen LogP contribution in [0.4, 0.5) is 0 Å². The number of hydrogen-bond acceptors (Lipinski definition) is 2. The molecule has 0 saturated carbocycles. The first-order valence-electron chi connectivity index (χ1n) is 6.54. The predicted octanol–water partition coefficient (Wildman–Crippen LogP) is 3.16. The van der Waals surface area contributed by atoms with Crippen molar-refractivity contribution in [3.63, 3.8) is 0 Å². The van der Waals surface area contributed by atoms with Crippen LogP contribution in [-0.2, 0) is 6.42 Å². The topological polar surface area (TPSA) is 33.1 Å². The van der Waals surface area contributed by atoms with Crippen molar-refractivity contribution in [3.05, 3.63) is 53.7 Å². The summed E-state index contributed by atoms with van der Waals surface area (Å²) in [5.74, 6) is 0.220. The van der Waals surface area contributed by atoms with Gasteiger partial charge in [0.2, 0.25) is 0 Å². The van der Waals surface area contributed by atoms with E-state index in [0.29, 0.717) is 0 Å². The molecule has 0 unspecified atom stereocenters. The van der Waals surface area contributed by atoms with E-state index in [4.69, 9.17) is 4.98 Å². The van der Waals surface area contributed by atoms with Crippen LogP contribution in [-0.4, -0.2) is 16.7 Å². The third kappa shape index (κ3) is 2.04. The smallest absolute Gasteiger partial charge is 0.0705 e. The van der Waals surface area contributed by atoms with Crippen molar-refractivity contribution >= 4 is 0 Å². The lowest BCUT2D eigenvalue weighted by Gasteiger charge is -2.23. The van der Waals surface area contributed by atoms with Crippen LogP contribution in [0.5, 0.6) is 0 Å². The van der Waals surface area contributed by atoms with Crippen molar-refractivity contribution in [2.24, 2.45) is 0 Å². The number of nitrogens with zero attached hydrogens (tertiary/aromatic N) is 1. The Morgan fingerprint density at radius 2 is 1.94 bits per heavy atom. The van der Waals surface area contributed by atoms with Crippen LogP contribution in [0.15, 0.2) is 42.5 Å². The minimum atomic E-state index is 0.207. The minimum Gasteiger partial charge on any atom is -0.396 e. The summed E-state index contributed by atoms with van der Waals surface area (Å²) in [6.45, 7) is 0.207. The molecule has 0 radical (unpaired) electrons. The summed E-state index contributed by atoms with van der Waals surface area (Å²) in [5, 5.41) is 9.46. The molecule has 1 atom stereocenters. The molecule has 18 heavy (non-hydrogen) atoms. The molecule has 0 amide bonds. The van der Waals surface area contributed by atoms with Crippen molar-refractivity contribution in [1.29, 1.82) is 0 Å². The van der Waals surface area contributed by atoms with Gasteiger partial charge >= 0.3 is 0 Å². The fourth-order valence-corrected chi connectivity index (χ4v) is 2.69. The third-order valence-corrected chi connectivity index (χ3v) is 3.69. The van der Waals surface area contributed by atoms with Crippen LogP contribution >= 0.6 is 0 Å².